The summed E-state index contributed by atoms with van der Waals surface area (Å²) in [5.41, 5.74) is 0. The second kappa shape index (κ2) is 6.80. The monoisotopic (exact) mass is 432 g/mol. The molecule has 0 aromatic heterocycles. The summed E-state index contributed by atoms with van der Waals surface area (Å²) in [7, 11) is 0. The summed E-state index contributed by atoms with van der Waals surface area (Å²) in [5, 5.41) is 21.9. The number of hydrogen-bond donors (Lipinski definition) is 2. The predicted octanol–water partition coefficient (Wildman–Crippen LogP) is 0.371. The Morgan fingerprint density at radius 3 is 1.93 bits per heavy atom. The minimum atomic E-state index is -1.22. The smallest absolute Gasteiger partial charge is 0.190 e. The lowest BCUT2D eigenvalue weighted by molar-refractivity contribution is -0.292. The number of hydrogen-bond acceptors (Lipinski definition) is 10. The standard InChI is InChI=1S/C20H32O10/c1-18(2)25-9-7-8(21)11(23-16(9)29-18)10(22)12-13-14(27-19(3,4)26-13)15-17(24-12)30-20(5,6)28-15/h8-17,21-22H,7H2,1-6H3/t8-,9-,10-,11+,12+,13-,14-,15+,16-,17+/m0/s1. The quantitative estimate of drug-likeness (QED) is 0.634. The molecule has 0 bridgehead atoms. The Balaban J connectivity index is 1.37. The molecule has 2 N–H and O–H groups in total. The van der Waals surface area contributed by atoms with Crippen LogP contribution in [0.15, 0.2) is 0 Å². The van der Waals surface area contributed by atoms with Crippen LogP contribution in [0.25, 0.3) is 0 Å². The number of aliphatic hydroxyl groups is 2. The summed E-state index contributed by atoms with van der Waals surface area (Å²) in [5.74, 6) is -2.56. The lowest BCUT2D eigenvalue weighted by Crippen LogP contribution is -2.63. The Hall–Kier alpha value is -0.400. The average Bonchev–Trinajstić information content (AvgIpc) is 3.19. The van der Waals surface area contributed by atoms with Gasteiger partial charge >= 0.3 is 0 Å². The van der Waals surface area contributed by atoms with Crippen LogP contribution in [-0.2, 0) is 37.9 Å². The van der Waals surface area contributed by atoms with E-state index in [2.05, 4.69) is 0 Å². The third-order valence-corrected chi connectivity index (χ3v) is 6.15. The van der Waals surface area contributed by atoms with Crippen molar-refractivity contribution in [1.29, 1.82) is 0 Å². The second-order valence-corrected chi connectivity index (χ2v) is 10.1. The largest absolute Gasteiger partial charge is 0.390 e. The molecule has 0 aromatic rings. The number of rotatable bonds is 2. The van der Waals surface area contributed by atoms with Crippen LogP contribution >= 0.6 is 0 Å². The molecule has 0 amide bonds. The van der Waals surface area contributed by atoms with Crippen LogP contribution < -0.4 is 0 Å². The highest BCUT2D eigenvalue weighted by molar-refractivity contribution is 5.04. The van der Waals surface area contributed by atoms with E-state index in [1.165, 1.54) is 0 Å². The van der Waals surface area contributed by atoms with Gasteiger partial charge in [-0.05, 0) is 41.5 Å². The molecule has 5 aliphatic heterocycles. The maximum Gasteiger partial charge on any atom is 0.190 e. The van der Waals surface area contributed by atoms with E-state index >= 15 is 0 Å². The molecule has 5 saturated heterocycles. The molecule has 30 heavy (non-hydrogen) atoms. The molecule has 5 heterocycles. The van der Waals surface area contributed by atoms with Crippen LogP contribution in [0.5, 0.6) is 0 Å². The lowest BCUT2D eigenvalue weighted by Gasteiger charge is -2.44. The van der Waals surface area contributed by atoms with E-state index in [0.29, 0.717) is 0 Å². The second-order valence-electron chi connectivity index (χ2n) is 10.1. The summed E-state index contributed by atoms with van der Waals surface area (Å²) < 4.78 is 47.6. The molecule has 5 aliphatic rings. The van der Waals surface area contributed by atoms with Crippen molar-refractivity contribution in [3.05, 3.63) is 0 Å². The van der Waals surface area contributed by atoms with Crippen molar-refractivity contribution in [3.63, 3.8) is 0 Å². The molecule has 172 valence electrons. The van der Waals surface area contributed by atoms with Crippen molar-refractivity contribution in [2.75, 3.05) is 0 Å². The van der Waals surface area contributed by atoms with Crippen molar-refractivity contribution in [2.24, 2.45) is 0 Å². The molecule has 5 rings (SSSR count). The maximum absolute atomic E-state index is 11.2. The van der Waals surface area contributed by atoms with Crippen molar-refractivity contribution >= 4 is 0 Å². The van der Waals surface area contributed by atoms with Crippen molar-refractivity contribution in [2.45, 2.75) is 127 Å². The average molecular weight is 432 g/mol. The highest BCUT2D eigenvalue weighted by Crippen LogP contribution is 2.46. The van der Waals surface area contributed by atoms with Gasteiger partial charge in [0.05, 0.1) is 6.10 Å². The highest BCUT2D eigenvalue weighted by Gasteiger charge is 2.63. The zero-order valence-corrected chi connectivity index (χ0v) is 18.1. The van der Waals surface area contributed by atoms with Crippen molar-refractivity contribution in [1.82, 2.24) is 0 Å². The number of ether oxygens (including phenoxy) is 8. The predicted molar refractivity (Wildman–Crippen MR) is 97.9 cm³/mol. The summed E-state index contributed by atoms with van der Waals surface area (Å²) >= 11 is 0. The third kappa shape index (κ3) is 3.61. The number of fused-ring (bicyclic) bond motifs is 4. The van der Waals surface area contributed by atoms with Gasteiger partial charge in [-0.3, -0.25) is 0 Å². The first-order valence-corrected chi connectivity index (χ1v) is 10.6. The van der Waals surface area contributed by atoms with Crippen LogP contribution in [-0.4, -0.2) is 89.0 Å². The Kier molecular flexibility index (Phi) is 4.86. The molecule has 10 heteroatoms. The van der Waals surface area contributed by atoms with Crippen LogP contribution in [0.3, 0.4) is 0 Å². The van der Waals surface area contributed by atoms with E-state index in [-0.39, 0.29) is 6.42 Å². The van der Waals surface area contributed by atoms with Gasteiger partial charge in [0.15, 0.2) is 29.9 Å². The molecule has 0 aromatic carbocycles. The molecule has 0 spiro atoms. The summed E-state index contributed by atoms with van der Waals surface area (Å²) in [6.07, 6.45) is -7.16. The molecule has 0 radical (unpaired) electrons. The summed E-state index contributed by atoms with van der Waals surface area (Å²) in [6.45, 7) is 10.8. The lowest BCUT2D eigenvalue weighted by atomic mass is 9.89. The van der Waals surface area contributed by atoms with Gasteiger partial charge in [-0.2, -0.15) is 0 Å². The van der Waals surface area contributed by atoms with Crippen molar-refractivity contribution in [3.8, 4) is 0 Å². The molecule has 0 aliphatic carbocycles. The number of aliphatic hydroxyl groups excluding tert-OH is 2. The Morgan fingerprint density at radius 1 is 0.667 bits per heavy atom. The van der Waals surface area contributed by atoms with Crippen LogP contribution in [0.4, 0.5) is 0 Å². The van der Waals surface area contributed by atoms with Gasteiger partial charge in [0.2, 0.25) is 0 Å². The molecular formula is C20H32O10. The van der Waals surface area contributed by atoms with Gasteiger partial charge in [-0.15, -0.1) is 0 Å². The zero-order chi connectivity index (χ0) is 21.6. The Labute approximate surface area is 175 Å². The molecular weight excluding hydrogens is 400 g/mol. The summed E-state index contributed by atoms with van der Waals surface area (Å²) in [6, 6.07) is 0. The van der Waals surface area contributed by atoms with Gasteiger partial charge < -0.3 is 48.1 Å². The third-order valence-electron chi connectivity index (χ3n) is 6.15. The molecule has 0 unspecified atom stereocenters. The molecule has 10 nitrogen and oxygen atoms in total. The van der Waals surface area contributed by atoms with Gasteiger partial charge in [-0.1, -0.05) is 0 Å². The summed E-state index contributed by atoms with van der Waals surface area (Å²) in [4.78, 5) is 0. The minimum Gasteiger partial charge on any atom is -0.390 e. The van der Waals surface area contributed by atoms with Crippen LogP contribution in [0.2, 0.25) is 0 Å². The maximum atomic E-state index is 11.2. The van der Waals surface area contributed by atoms with E-state index in [1.54, 1.807) is 41.5 Å². The van der Waals surface area contributed by atoms with E-state index in [0.717, 1.165) is 0 Å². The van der Waals surface area contributed by atoms with Gasteiger partial charge in [0.1, 0.15) is 42.7 Å². The van der Waals surface area contributed by atoms with Gasteiger partial charge in [0, 0.05) is 6.42 Å². The minimum absolute atomic E-state index is 0.276. The fourth-order valence-corrected chi connectivity index (χ4v) is 5.11. The van der Waals surface area contributed by atoms with Crippen LogP contribution in [0, 0.1) is 0 Å². The highest BCUT2D eigenvalue weighted by atomic mass is 16.9. The van der Waals surface area contributed by atoms with E-state index in [4.69, 9.17) is 37.9 Å². The van der Waals surface area contributed by atoms with E-state index < -0.39 is 78.8 Å². The van der Waals surface area contributed by atoms with Crippen LogP contribution in [0.1, 0.15) is 48.0 Å². The SMILES string of the molecule is CC1(C)O[C@@H]2[C@H](O1)[C@H]1OC(C)(C)O[C@H]1O[C@@H]2[C@@H](O)[C@@H]1O[C@H]2OC(C)(C)O[C@H]2C[C@@H]1O. The topological polar surface area (TPSA) is 114 Å². The Morgan fingerprint density at radius 2 is 1.20 bits per heavy atom. The van der Waals surface area contributed by atoms with Crippen molar-refractivity contribution < 1.29 is 48.1 Å². The molecule has 10 atom stereocenters. The van der Waals surface area contributed by atoms with Gasteiger partial charge in [0.25, 0.3) is 0 Å². The Bertz CT molecular complexity index is 680. The van der Waals surface area contributed by atoms with E-state index in [9.17, 15) is 10.2 Å². The first-order chi connectivity index (χ1) is 13.8. The normalized spacial score (nSPS) is 51.8. The van der Waals surface area contributed by atoms with Gasteiger partial charge in [-0.25, -0.2) is 0 Å². The van der Waals surface area contributed by atoms with E-state index in [1.807, 2.05) is 0 Å². The fourth-order valence-electron chi connectivity index (χ4n) is 5.11. The first kappa shape index (κ1) is 21.4. The fraction of sp³-hybridized carbons (Fsp3) is 1.00. The zero-order valence-electron chi connectivity index (χ0n) is 18.1. The molecule has 5 fully saturated rings. The molecule has 0 saturated carbocycles. The first-order valence-electron chi connectivity index (χ1n) is 10.6.